The number of aryl methyl sites for hydroxylation is 1. The number of carbonyl (C=O) groups is 1. The van der Waals surface area contributed by atoms with Crippen molar-refractivity contribution in [2.45, 2.75) is 65.2 Å². The molecule has 3 rings (SSSR count). The lowest BCUT2D eigenvalue weighted by molar-refractivity contribution is -0.141. The number of carbonyl (C=O) groups excluding carboxylic acids is 1. The summed E-state index contributed by atoms with van der Waals surface area (Å²) < 4.78 is 39.5. The molecule has 2 fully saturated rings. The first-order valence-corrected chi connectivity index (χ1v) is 9.07. The Morgan fingerprint density at radius 3 is 2.60 bits per heavy atom. The van der Waals surface area contributed by atoms with E-state index in [1.54, 1.807) is 13.8 Å². The predicted octanol–water partition coefficient (Wildman–Crippen LogP) is 3.79. The zero-order chi connectivity index (χ0) is 18.4. The minimum atomic E-state index is -4.46. The van der Waals surface area contributed by atoms with Crippen molar-refractivity contribution in [3.63, 3.8) is 0 Å². The number of nitrogens with zero attached hydrogens (tertiary/aromatic N) is 2. The zero-order valence-electron chi connectivity index (χ0n) is 14.9. The largest absolute Gasteiger partial charge is 0.435 e. The van der Waals surface area contributed by atoms with Gasteiger partial charge in [0.05, 0.1) is 12.5 Å². The molecule has 25 heavy (non-hydrogen) atoms. The van der Waals surface area contributed by atoms with E-state index in [9.17, 15) is 18.0 Å². The third kappa shape index (κ3) is 3.85. The second-order valence-electron chi connectivity index (χ2n) is 7.89. The van der Waals surface area contributed by atoms with Crippen LogP contribution in [0.4, 0.5) is 13.2 Å². The highest BCUT2D eigenvalue weighted by molar-refractivity contribution is 5.78. The highest BCUT2D eigenvalue weighted by Crippen LogP contribution is 2.49. The number of hydrogen-bond acceptors (Lipinski definition) is 2. The van der Waals surface area contributed by atoms with Crippen molar-refractivity contribution in [3.05, 3.63) is 17.5 Å². The maximum atomic E-state index is 12.7. The molecule has 2 aliphatic rings. The van der Waals surface area contributed by atoms with E-state index >= 15 is 0 Å². The van der Waals surface area contributed by atoms with E-state index in [2.05, 4.69) is 17.3 Å². The Kier molecular flexibility index (Phi) is 4.86. The summed E-state index contributed by atoms with van der Waals surface area (Å²) in [4.78, 5) is 12.5. The Bertz CT molecular complexity index is 640. The highest BCUT2D eigenvalue weighted by Gasteiger charge is 2.42. The van der Waals surface area contributed by atoms with Crippen molar-refractivity contribution in [2.75, 3.05) is 0 Å². The van der Waals surface area contributed by atoms with Crippen molar-refractivity contribution in [3.8, 4) is 0 Å². The van der Waals surface area contributed by atoms with Gasteiger partial charge in [0.1, 0.15) is 0 Å². The van der Waals surface area contributed by atoms with Crippen LogP contribution in [-0.4, -0.2) is 21.7 Å². The number of nitrogens with one attached hydrogen (secondary N) is 1. The molecule has 0 saturated heterocycles. The Balaban J connectivity index is 1.57. The van der Waals surface area contributed by atoms with Crippen molar-refractivity contribution >= 4 is 5.91 Å². The molecule has 4 nitrogen and oxygen atoms in total. The van der Waals surface area contributed by atoms with Crippen LogP contribution in [0.2, 0.25) is 0 Å². The summed E-state index contributed by atoms with van der Waals surface area (Å²) in [5.41, 5.74) is -0.499. The highest BCUT2D eigenvalue weighted by atomic mass is 19.4. The van der Waals surface area contributed by atoms with E-state index < -0.39 is 17.8 Å². The maximum Gasteiger partial charge on any atom is 0.435 e. The van der Waals surface area contributed by atoms with Gasteiger partial charge in [-0.1, -0.05) is 13.3 Å². The summed E-state index contributed by atoms with van der Waals surface area (Å²) >= 11 is 0. The molecule has 2 bridgehead atoms. The van der Waals surface area contributed by atoms with E-state index in [1.165, 1.54) is 30.4 Å². The summed E-state index contributed by atoms with van der Waals surface area (Å²) in [5.74, 6) is 1.54. The minimum absolute atomic E-state index is 0.112. The molecular formula is C18H26F3N3O. The van der Waals surface area contributed by atoms with Crippen LogP contribution in [0.3, 0.4) is 0 Å². The van der Waals surface area contributed by atoms with Crippen LogP contribution in [0, 0.1) is 30.6 Å². The average Bonchev–Trinajstić information content (AvgIpc) is 3.22. The normalized spacial score (nSPS) is 28.2. The van der Waals surface area contributed by atoms with Crippen LogP contribution >= 0.6 is 0 Å². The van der Waals surface area contributed by atoms with Gasteiger partial charge in [-0.15, -0.1) is 0 Å². The van der Waals surface area contributed by atoms with Crippen molar-refractivity contribution in [2.24, 2.45) is 23.7 Å². The molecule has 0 radical (unpaired) electrons. The van der Waals surface area contributed by atoms with E-state index in [0.29, 0.717) is 11.6 Å². The third-order valence-electron chi connectivity index (χ3n) is 5.97. The first-order valence-electron chi connectivity index (χ1n) is 9.07. The fourth-order valence-corrected chi connectivity index (χ4v) is 4.56. The zero-order valence-corrected chi connectivity index (χ0v) is 14.9. The summed E-state index contributed by atoms with van der Waals surface area (Å²) in [6.07, 6.45) is 0.592. The topological polar surface area (TPSA) is 46.9 Å². The van der Waals surface area contributed by atoms with Crippen LogP contribution in [0.1, 0.15) is 50.9 Å². The van der Waals surface area contributed by atoms with Gasteiger partial charge < -0.3 is 5.32 Å². The second kappa shape index (κ2) is 6.65. The molecule has 2 saturated carbocycles. The summed E-state index contributed by atoms with van der Waals surface area (Å²) in [6.45, 7) is 5.51. The predicted molar refractivity (Wildman–Crippen MR) is 87.7 cm³/mol. The number of hydrogen-bond donors (Lipinski definition) is 1. The van der Waals surface area contributed by atoms with Crippen molar-refractivity contribution < 1.29 is 18.0 Å². The quantitative estimate of drug-likeness (QED) is 0.872. The van der Waals surface area contributed by atoms with Gasteiger partial charge in [-0.2, -0.15) is 18.3 Å². The Hall–Kier alpha value is -1.53. The Labute approximate surface area is 146 Å². The number of rotatable bonds is 5. The summed E-state index contributed by atoms with van der Waals surface area (Å²) in [7, 11) is 0. The van der Waals surface area contributed by atoms with Gasteiger partial charge in [-0.05, 0) is 56.9 Å². The Morgan fingerprint density at radius 1 is 1.36 bits per heavy atom. The van der Waals surface area contributed by atoms with Gasteiger partial charge in [0.25, 0.3) is 0 Å². The lowest BCUT2D eigenvalue weighted by atomic mass is 9.84. The number of aromatic nitrogens is 2. The van der Waals surface area contributed by atoms with Crippen LogP contribution in [0.15, 0.2) is 6.07 Å². The minimum Gasteiger partial charge on any atom is -0.353 e. The molecule has 140 valence electrons. The molecule has 1 heterocycles. The summed E-state index contributed by atoms with van der Waals surface area (Å²) in [6, 6.07) is 1.14. The number of alkyl halides is 3. The molecule has 1 amide bonds. The molecule has 1 aromatic rings. The van der Waals surface area contributed by atoms with Crippen molar-refractivity contribution in [1.82, 2.24) is 15.1 Å². The van der Waals surface area contributed by atoms with E-state index in [0.717, 1.165) is 17.9 Å². The standard InChI is InChI=1S/C18H26F3N3O/c1-10(9-24-11(2)6-16(23-24)18(19,20)21)17(25)22-12(3)15-8-13-4-5-14(15)7-13/h6,10,12-15H,4-5,7-9H2,1-3H3,(H,22,25). The molecule has 2 aliphatic carbocycles. The monoisotopic (exact) mass is 357 g/mol. The SMILES string of the molecule is Cc1cc(C(F)(F)F)nn1CC(C)C(=O)NC(C)C1CC2CCC1C2. The molecule has 1 aromatic heterocycles. The second-order valence-corrected chi connectivity index (χ2v) is 7.89. The van der Waals surface area contributed by atoms with Gasteiger partial charge >= 0.3 is 6.18 Å². The van der Waals surface area contributed by atoms with Gasteiger partial charge in [-0.25, -0.2) is 0 Å². The van der Waals surface area contributed by atoms with Gasteiger partial charge in [0.15, 0.2) is 5.69 Å². The maximum absolute atomic E-state index is 12.7. The summed E-state index contributed by atoms with van der Waals surface area (Å²) in [5, 5.41) is 6.68. The fraction of sp³-hybridized carbons (Fsp3) is 0.778. The first-order chi connectivity index (χ1) is 11.6. The van der Waals surface area contributed by atoms with E-state index in [4.69, 9.17) is 0 Å². The molecule has 7 heteroatoms. The van der Waals surface area contributed by atoms with Crippen LogP contribution in [0.25, 0.3) is 0 Å². The van der Waals surface area contributed by atoms with Gasteiger partial charge in [0, 0.05) is 11.7 Å². The van der Waals surface area contributed by atoms with E-state index in [-0.39, 0.29) is 18.5 Å². The Morgan fingerprint density at radius 2 is 2.08 bits per heavy atom. The van der Waals surface area contributed by atoms with Crippen LogP contribution in [0.5, 0.6) is 0 Å². The van der Waals surface area contributed by atoms with E-state index in [1.807, 2.05) is 0 Å². The average molecular weight is 357 g/mol. The molecule has 5 unspecified atom stereocenters. The van der Waals surface area contributed by atoms with Crippen LogP contribution in [-0.2, 0) is 17.5 Å². The third-order valence-corrected chi connectivity index (χ3v) is 5.97. The molecule has 0 aliphatic heterocycles. The molecule has 5 atom stereocenters. The fourth-order valence-electron chi connectivity index (χ4n) is 4.56. The molecule has 1 N–H and O–H groups in total. The smallest absolute Gasteiger partial charge is 0.353 e. The van der Waals surface area contributed by atoms with Crippen molar-refractivity contribution in [1.29, 1.82) is 0 Å². The number of fused-ring (bicyclic) bond motifs is 2. The molecular weight excluding hydrogens is 331 g/mol. The van der Waals surface area contributed by atoms with Crippen LogP contribution < -0.4 is 5.32 Å². The molecule has 0 aromatic carbocycles. The lowest BCUT2D eigenvalue weighted by Crippen LogP contribution is -2.43. The number of amides is 1. The van der Waals surface area contributed by atoms with Gasteiger partial charge in [-0.3, -0.25) is 9.48 Å². The molecule has 0 spiro atoms. The first kappa shape index (κ1) is 18.3. The lowest BCUT2D eigenvalue weighted by Gasteiger charge is -2.29. The van der Waals surface area contributed by atoms with Gasteiger partial charge in [0.2, 0.25) is 5.91 Å². The number of halogens is 3.